The second-order valence-corrected chi connectivity index (χ2v) is 8.86. The Labute approximate surface area is 160 Å². The van der Waals surface area contributed by atoms with E-state index in [1.165, 1.54) is 0 Å². The predicted molar refractivity (Wildman–Crippen MR) is 102 cm³/mol. The number of nitrogens with zero attached hydrogens (tertiary/aromatic N) is 3. The number of aromatic nitrogens is 2. The molecule has 2 heterocycles. The lowest BCUT2D eigenvalue weighted by Gasteiger charge is -2.19. The number of rotatable bonds is 6. The van der Waals surface area contributed by atoms with Crippen molar-refractivity contribution in [2.24, 2.45) is 0 Å². The zero-order chi connectivity index (χ0) is 19.6. The van der Waals surface area contributed by atoms with Gasteiger partial charge in [0.1, 0.15) is 0 Å². The lowest BCUT2D eigenvalue weighted by Crippen LogP contribution is -2.24. The minimum atomic E-state index is -3.96. The molecule has 3 rings (SSSR count). The Morgan fingerprint density at radius 3 is 2.78 bits per heavy atom. The molecule has 0 saturated carbocycles. The van der Waals surface area contributed by atoms with Gasteiger partial charge in [0.25, 0.3) is 14.4 Å². The molecule has 2 N–H and O–H groups in total. The van der Waals surface area contributed by atoms with E-state index in [2.05, 4.69) is 20.2 Å². The number of nitrogens with one attached hydrogen (secondary N) is 2. The molecule has 144 valence electrons. The Morgan fingerprint density at radius 2 is 2.11 bits per heavy atom. The minimum Gasteiger partial charge on any atom is -0.312 e. The van der Waals surface area contributed by atoms with Crippen molar-refractivity contribution in [3.05, 3.63) is 23.8 Å². The molecular weight excluding hydrogens is 390 g/mol. The Kier molecular flexibility index (Phi) is 5.42. The highest BCUT2D eigenvalue weighted by Crippen LogP contribution is 2.30. The second kappa shape index (κ2) is 7.61. The van der Waals surface area contributed by atoms with Crippen molar-refractivity contribution in [1.29, 1.82) is 0 Å². The molecule has 1 fully saturated rings. The number of hydrogen-bond donors (Lipinski definition) is 2. The summed E-state index contributed by atoms with van der Waals surface area (Å²) in [6, 6.07) is 5.01. The Balaban J connectivity index is 1.82. The Bertz CT molecular complexity index is 986. The average molecular weight is 409 g/mol. The van der Waals surface area contributed by atoms with Crippen LogP contribution < -0.4 is 14.9 Å². The van der Waals surface area contributed by atoms with Crippen LogP contribution in [0, 0.1) is 6.92 Å². The van der Waals surface area contributed by atoms with E-state index in [1.807, 2.05) is 6.92 Å². The SMILES string of the molecule is CCC(=O)Nc1nnc(S(=O)(=O)Nc2ccc(C)c(N3CCCC3=O)c2)s1. The van der Waals surface area contributed by atoms with Crippen LogP contribution in [0.25, 0.3) is 0 Å². The second-order valence-electron chi connectivity index (χ2n) is 6.03. The van der Waals surface area contributed by atoms with Crippen molar-refractivity contribution in [1.82, 2.24) is 10.2 Å². The van der Waals surface area contributed by atoms with Gasteiger partial charge in [-0.15, -0.1) is 10.2 Å². The maximum atomic E-state index is 12.6. The van der Waals surface area contributed by atoms with Crippen LogP contribution in [0.3, 0.4) is 0 Å². The Hall–Kier alpha value is -2.53. The number of amides is 2. The van der Waals surface area contributed by atoms with Crippen molar-refractivity contribution in [3.8, 4) is 0 Å². The molecule has 27 heavy (non-hydrogen) atoms. The molecule has 0 atom stereocenters. The number of hydrogen-bond acceptors (Lipinski definition) is 7. The fraction of sp³-hybridized carbons (Fsp3) is 0.375. The topological polar surface area (TPSA) is 121 Å². The first-order valence-corrected chi connectivity index (χ1v) is 10.7. The maximum Gasteiger partial charge on any atom is 0.291 e. The molecule has 0 aliphatic carbocycles. The first kappa shape index (κ1) is 19.2. The zero-order valence-corrected chi connectivity index (χ0v) is 16.5. The molecule has 11 heteroatoms. The molecule has 0 bridgehead atoms. The molecule has 0 radical (unpaired) electrons. The molecule has 0 spiro atoms. The van der Waals surface area contributed by atoms with Crippen LogP contribution in [0.1, 0.15) is 31.7 Å². The van der Waals surface area contributed by atoms with E-state index in [-0.39, 0.29) is 27.7 Å². The highest BCUT2D eigenvalue weighted by atomic mass is 32.2. The maximum absolute atomic E-state index is 12.6. The molecule has 0 unspecified atom stereocenters. The first-order chi connectivity index (χ1) is 12.8. The average Bonchev–Trinajstić information content (AvgIpc) is 3.26. The summed E-state index contributed by atoms with van der Waals surface area (Å²) in [7, 11) is -3.96. The first-order valence-electron chi connectivity index (χ1n) is 8.37. The summed E-state index contributed by atoms with van der Waals surface area (Å²) >= 11 is 0.767. The fourth-order valence-electron chi connectivity index (χ4n) is 2.64. The minimum absolute atomic E-state index is 0.0264. The van der Waals surface area contributed by atoms with E-state index in [4.69, 9.17) is 0 Å². The molecule has 2 amide bonds. The van der Waals surface area contributed by atoms with Gasteiger partial charge in [0, 0.05) is 25.1 Å². The van der Waals surface area contributed by atoms with Gasteiger partial charge in [0.05, 0.1) is 5.69 Å². The largest absolute Gasteiger partial charge is 0.312 e. The molecule has 2 aromatic rings. The van der Waals surface area contributed by atoms with E-state index >= 15 is 0 Å². The van der Waals surface area contributed by atoms with Gasteiger partial charge >= 0.3 is 0 Å². The van der Waals surface area contributed by atoms with Crippen molar-refractivity contribution in [2.75, 3.05) is 21.5 Å². The highest BCUT2D eigenvalue weighted by Gasteiger charge is 2.25. The number of aryl methyl sites for hydroxylation is 1. The molecule has 1 saturated heterocycles. The molecule has 9 nitrogen and oxygen atoms in total. The number of sulfonamides is 1. The van der Waals surface area contributed by atoms with Crippen molar-refractivity contribution < 1.29 is 18.0 Å². The van der Waals surface area contributed by atoms with Crippen LogP contribution in [-0.2, 0) is 19.6 Å². The van der Waals surface area contributed by atoms with Crippen LogP contribution in [-0.4, -0.2) is 37.0 Å². The number of benzene rings is 1. The lowest BCUT2D eigenvalue weighted by atomic mass is 10.1. The summed E-state index contributed by atoms with van der Waals surface area (Å²) in [5.41, 5.74) is 1.89. The van der Waals surface area contributed by atoms with E-state index < -0.39 is 10.0 Å². The van der Waals surface area contributed by atoms with Gasteiger partial charge in [0.2, 0.25) is 16.9 Å². The third-order valence-electron chi connectivity index (χ3n) is 4.03. The highest BCUT2D eigenvalue weighted by molar-refractivity contribution is 7.94. The van der Waals surface area contributed by atoms with Crippen molar-refractivity contribution in [3.63, 3.8) is 0 Å². The third-order valence-corrected chi connectivity index (χ3v) is 6.62. The van der Waals surface area contributed by atoms with Crippen LogP contribution in [0.2, 0.25) is 0 Å². The number of anilines is 3. The van der Waals surface area contributed by atoms with Gasteiger partial charge in [0.15, 0.2) is 0 Å². The van der Waals surface area contributed by atoms with Gasteiger partial charge in [-0.1, -0.05) is 24.3 Å². The van der Waals surface area contributed by atoms with E-state index in [0.29, 0.717) is 24.3 Å². The molecule has 1 aromatic heterocycles. The quantitative estimate of drug-likeness (QED) is 0.705. The summed E-state index contributed by atoms with van der Waals surface area (Å²) in [5.74, 6) is -0.250. The van der Waals surface area contributed by atoms with Crippen LogP contribution in [0.4, 0.5) is 16.5 Å². The monoisotopic (exact) mass is 409 g/mol. The summed E-state index contributed by atoms with van der Waals surface area (Å²) in [6.07, 6.45) is 1.53. The number of carbonyl (C=O) groups excluding carboxylic acids is 2. The van der Waals surface area contributed by atoms with E-state index in [0.717, 1.165) is 23.3 Å². The predicted octanol–water partition coefficient (Wildman–Crippen LogP) is 2.12. The van der Waals surface area contributed by atoms with E-state index in [9.17, 15) is 18.0 Å². The van der Waals surface area contributed by atoms with Crippen LogP contribution in [0.5, 0.6) is 0 Å². The summed E-state index contributed by atoms with van der Waals surface area (Å²) < 4.78 is 27.3. The summed E-state index contributed by atoms with van der Waals surface area (Å²) in [6.45, 7) is 4.16. The standard InChI is InChI=1S/C16H19N5O4S2/c1-3-13(22)17-15-18-19-16(26-15)27(24,25)20-11-7-6-10(2)12(9-11)21-8-4-5-14(21)23/h6-7,9,20H,3-5,8H2,1-2H3,(H,17,18,22). The lowest BCUT2D eigenvalue weighted by molar-refractivity contribution is -0.117. The van der Waals surface area contributed by atoms with E-state index in [1.54, 1.807) is 30.0 Å². The van der Waals surface area contributed by atoms with Gasteiger partial charge < -0.3 is 10.2 Å². The van der Waals surface area contributed by atoms with Gasteiger partial charge in [-0.2, -0.15) is 8.42 Å². The zero-order valence-electron chi connectivity index (χ0n) is 14.9. The molecule has 1 aliphatic rings. The summed E-state index contributed by atoms with van der Waals surface area (Å²) in [5, 5.41) is 9.92. The van der Waals surface area contributed by atoms with Gasteiger partial charge in [-0.25, -0.2) is 0 Å². The van der Waals surface area contributed by atoms with Crippen LogP contribution in [0.15, 0.2) is 22.5 Å². The Morgan fingerprint density at radius 1 is 1.33 bits per heavy atom. The van der Waals surface area contributed by atoms with Gasteiger partial charge in [-0.3, -0.25) is 14.3 Å². The smallest absolute Gasteiger partial charge is 0.291 e. The molecule has 1 aliphatic heterocycles. The van der Waals surface area contributed by atoms with Gasteiger partial charge in [-0.05, 0) is 31.0 Å². The number of carbonyl (C=O) groups is 2. The van der Waals surface area contributed by atoms with Crippen LogP contribution >= 0.6 is 11.3 Å². The third kappa shape index (κ3) is 4.25. The summed E-state index contributed by atoms with van der Waals surface area (Å²) in [4.78, 5) is 25.0. The normalized spacial score (nSPS) is 14.4. The fourth-order valence-corrected chi connectivity index (χ4v) is 4.61. The molecular formula is C16H19N5O4S2. The van der Waals surface area contributed by atoms with Crippen molar-refractivity contribution >= 4 is 49.7 Å². The van der Waals surface area contributed by atoms with Crippen molar-refractivity contribution in [2.45, 2.75) is 37.4 Å². The molecule has 1 aromatic carbocycles.